The molecule has 4 heteroatoms. The summed E-state index contributed by atoms with van der Waals surface area (Å²) in [4.78, 5) is 24.5. The van der Waals surface area contributed by atoms with E-state index in [2.05, 4.69) is 4.98 Å². The molecule has 0 aliphatic heterocycles. The van der Waals surface area contributed by atoms with Crippen molar-refractivity contribution >= 4 is 10.8 Å². The molecule has 0 amide bonds. The fourth-order valence-corrected chi connectivity index (χ4v) is 1.28. The van der Waals surface area contributed by atoms with Crippen LogP contribution in [0.4, 0.5) is 0 Å². The first-order valence-electron chi connectivity index (χ1n) is 4.04. The normalized spacial score (nSPS) is 10.3. The molecule has 0 fully saturated rings. The number of rotatable bonds is 0. The van der Waals surface area contributed by atoms with Crippen molar-refractivity contribution in [1.29, 1.82) is 0 Å². The first-order valence-corrected chi connectivity index (χ1v) is 4.04. The summed E-state index contributed by atoms with van der Waals surface area (Å²) in [6.07, 6.45) is 0. The largest absolute Gasteiger partial charge is 0.503 e. The molecule has 1 heterocycles. The number of aromatic hydroxyl groups is 1. The van der Waals surface area contributed by atoms with Crippen molar-refractivity contribution in [3.63, 3.8) is 0 Å². The van der Waals surface area contributed by atoms with Crippen molar-refractivity contribution in [2.75, 3.05) is 0 Å². The highest BCUT2D eigenvalue weighted by Crippen LogP contribution is 2.09. The van der Waals surface area contributed by atoms with E-state index in [1.54, 1.807) is 24.3 Å². The molecule has 0 atom stereocenters. The van der Waals surface area contributed by atoms with E-state index in [-0.39, 0.29) is 0 Å². The lowest BCUT2D eigenvalue weighted by Crippen LogP contribution is -2.13. The average molecular weight is 189 g/mol. The molecular formula is C10H7NO3. The average Bonchev–Trinajstić information content (AvgIpc) is 2.27. The van der Waals surface area contributed by atoms with Crippen molar-refractivity contribution in [3.8, 4) is 5.75 Å². The molecule has 1 aromatic heterocycles. The second kappa shape index (κ2) is 2.99. The third-order valence-corrected chi connectivity index (χ3v) is 1.96. The lowest BCUT2D eigenvalue weighted by Gasteiger charge is -1.87. The highest BCUT2D eigenvalue weighted by Gasteiger charge is 2.00. The molecule has 0 aliphatic rings. The van der Waals surface area contributed by atoms with Gasteiger partial charge in [-0.2, -0.15) is 0 Å². The Balaban J connectivity index is 3.13. The fraction of sp³-hybridized carbons (Fsp3) is 0. The summed E-state index contributed by atoms with van der Waals surface area (Å²) in [5, 5.41) is 10.1. The molecule has 2 N–H and O–H groups in total. The van der Waals surface area contributed by atoms with Gasteiger partial charge in [0.25, 0.3) is 11.1 Å². The van der Waals surface area contributed by atoms with Gasteiger partial charge in [0.2, 0.25) is 0 Å². The molecule has 0 radical (unpaired) electrons. The minimum absolute atomic E-state index is 0.380. The molecule has 2 aromatic rings. The Morgan fingerprint density at radius 2 is 1.79 bits per heavy atom. The Kier molecular flexibility index (Phi) is 1.81. The van der Waals surface area contributed by atoms with Gasteiger partial charge in [0, 0.05) is 5.39 Å². The van der Waals surface area contributed by atoms with E-state index in [1.165, 1.54) is 6.07 Å². The molecule has 0 saturated heterocycles. The van der Waals surface area contributed by atoms with Crippen LogP contribution in [0.25, 0.3) is 10.8 Å². The van der Waals surface area contributed by atoms with Crippen molar-refractivity contribution in [2.24, 2.45) is 0 Å². The van der Waals surface area contributed by atoms with Crippen LogP contribution >= 0.6 is 0 Å². The van der Waals surface area contributed by atoms with Crippen molar-refractivity contribution < 1.29 is 5.11 Å². The van der Waals surface area contributed by atoms with Gasteiger partial charge in [-0.25, -0.2) is 0 Å². The number of nitrogens with one attached hydrogen (secondary N) is 1. The number of aromatic amines is 1. The third kappa shape index (κ3) is 1.26. The van der Waals surface area contributed by atoms with Crippen LogP contribution in [0.3, 0.4) is 0 Å². The Hall–Kier alpha value is -2.10. The van der Waals surface area contributed by atoms with Gasteiger partial charge in [-0.3, -0.25) is 14.6 Å². The molecule has 0 spiro atoms. The first-order chi connectivity index (χ1) is 6.68. The predicted molar refractivity (Wildman–Crippen MR) is 52.5 cm³/mol. The van der Waals surface area contributed by atoms with Crippen LogP contribution in [0.1, 0.15) is 0 Å². The van der Waals surface area contributed by atoms with E-state index < -0.39 is 16.9 Å². The van der Waals surface area contributed by atoms with E-state index in [0.717, 1.165) is 0 Å². The van der Waals surface area contributed by atoms with Crippen molar-refractivity contribution in [1.82, 2.24) is 4.98 Å². The molecule has 0 bridgehead atoms. The molecule has 1 aromatic carbocycles. The fourth-order valence-electron chi connectivity index (χ4n) is 1.28. The molecule has 70 valence electrons. The van der Waals surface area contributed by atoms with E-state index in [0.29, 0.717) is 10.8 Å². The maximum absolute atomic E-state index is 11.4. The van der Waals surface area contributed by atoms with E-state index in [1.807, 2.05) is 0 Å². The standard InChI is InChI=1S/C10H7NO3/c12-8-5-6-3-1-2-4-7(6)9(13)11-10(8)14/h1-5H,(H2,11,12,13,14). The number of benzene rings is 1. The summed E-state index contributed by atoms with van der Waals surface area (Å²) in [5.41, 5.74) is -1.27. The topological polar surface area (TPSA) is 70.2 Å². The van der Waals surface area contributed by atoms with Gasteiger partial charge in [-0.15, -0.1) is 0 Å². The monoisotopic (exact) mass is 189 g/mol. The number of H-pyrrole nitrogens is 1. The van der Waals surface area contributed by atoms with Crippen LogP contribution < -0.4 is 11.1 Å². The van der Waals surface area contributed by atoms with E-state index in [4.69, 9.17) is 0 Å². The minimum Gasteiger partial charge on any atom is -0.503 e. The number of aromatic nitrogens is 1. The zero-order chi connectivity index (χ0) is 10.1. The van der Waals surface area contributed by atoms with Gasteiger partial charge in [0.15, 0.2) is 5.75 Å². The van der Waals surface area contributed by atoms with Gasteiger partial charge in [0.05, 0.1) is 0 Å². The van der Waals surface area contributed by atoms with E-state index in [9.17, 15) is 14.7 Å². The van der Waals surface area contributed by atoms with Crippen LogP contribution in [0.5, 0.6) is 5.75 Å². The van der Waals surface area contributed by atoms with E-state index >= 15 is 0 Å². The molecular weight excluding hydrogens is 182 g/mol. The quantitative estimate of drug-likeness (QED) is 0.637. The third-order valence-electron chi connectivity index (χ3n) is 1.96. The molecule has 0 aliphatic carbocycles. The van der Waals surface area contributed by atoms with Gasteiger partial charge in [-0.05, 0) is 17.5 Å². The summed E-state index contributed by atoms with van der Waals surface area (Å²) >= 11 is 0. The molecule has 0 unspecified atom stereocenters. The second-order valence-electron chi connectivity index (χ2n) is 2.90. The summed E-state index contributed by atoms with van der Waals surface area (Å²) in [6.45, 7) is 0. The number of fused-ring (bicyclic) bond motifs is 1. The highest BCUT2D eigenvalue weighted by molar-refractivity contribution is 5.81. The Morgan fingerprint density at radius 3 is 2.57 bits per heavy atom. The molecule has 14 heavy (non-hydrogen) atoms. The number of hydrogen-bond acceptors (Lipinski definition) is 3. The summed E-state index contributed by atoms with van der Waals surface area (Å²) in [6, 6.07) is 7.94. The molecule has 2 rings (SSSR count). The van der Waals surface area contributed by atoms with Crippen molar-refractivity contribution in [3.05, 3.63) is 51.0 Å². The van der Waals surface area contributed by atoms with Crippen LogP contribution in [0.2, 0.25) is 0 Å². The lowest BCUT2D eigenvalue weighted by molar-refractivity contribution is 0.468. The lowest BCUT2D eigenvalue weighted by atomic mass is 10.2. The van der Waals surface area contributed by atoms with Crippen LogP contribution in [0, 0.1) is 0 Å². The minimum atomic E-state index is -0.772. The SMILES string of the molecule is O=c1[nH]c(=O)c2ccccc2cc1O. The smallest absolute Gasteiger partial charge is 0.292 e. The summed E-state index contributed by atoms with van der Waals surface area (Å²) < 4.78 is 0. The maximum atomic E-state index is 11.4. The Morgan fingerprint density at radius 1 is 1.07 bits per heavy atom. The van der Waals surface area contributed by atoms with Gasteiger partial charge < -0.3 is 5.11 Å². The van der Waals surface area contributed by atoms with Gasteiger partial charge in [0.1, 0.15) is 0 Å². The number of hydrogen-bond donors (Lipinski definition) is 2. The van der Waals surface area contributed by atoms with Crippen LogP contribution in [0.15, 0.2) is 39.9 Å². The zero-order valence-corrected chi connectivity index (χ0v) is 7.15. The summed E-state index contributed by atoms with van der Waals surface area (Å²) in [5.74, 6) is -0.455. The van der Waals surface area contributed by atoms with Gasteiger partial charge >= 0.3 is 0 Å². The second-order valence-corrected chi connectivity index (χ2v) is 2.90. The maximum Gasteiger partial charge on any atom is 0.292 e. The first kappa shape index (κ1) is 8.50. The summed E-state index contributed by atoms with van der Waals surface area (Å²) in [7, 11) is 0. The predicted octanol–water partition coefficient (Wildman–Crippen LogP) is 0.594. The molecule has 0 saturated carbocycles. The van der Waals surface area contributed by atoms with Gasteiger partial charge in [-0.1, -0.05) is 18.2 Å². The highest BCUT2D eigenvalue weighted by atomic mass is 16.3. The van der Waals surface area contributed by atoms with Crippen LogP contribution in [-0.2, 0) is 0 Å². The Labute approximate surface area is 78.5 Å². The van der Waals surface area contributed by atoms with Crippen LogP contribution in [-0.4, -0.2) is 10.1 Å². The molecule has 4 nitrogen and oxygen atoms in total. The van der Waals surface area contributed by atoms with Crippen molar-refractivity contribution in [2.45, 2.75) is 0 Å². The Bertz CT molecular complexity index is 601. The zero-order valence-electron chi connectivity index (χ0n) is 7.15.